The Morgan fingerprint density at radius 2 is 0.900 bits per heavy atom. The second-order valence-corrected chi connectivity index (χ2v) is 15.1. The predicted molar refractivity (Wildman–Crippen MR) is 137 cm³/mol. The molecule has 30 heavy (non-hydrogen) atoms. The molecule has 0 rings (SSSR count). The highest BCUT2D eigenvalue weighted by Gasteiger charge is 2.39. The molecule has 2 atom stereocenters. The van der Waals surface area contributed by atoms with Crippen molar-refractivity contribution in [1.29, 1.82) is 0 Å². The van der Waals surface area contributed by atoms with Crippen molar-refractivity contribution in [2.45, 2.75) is 123 Å². The van der Waals surface area contributed by atoms with Crippen molar-refractivity contribution < 1.29 is 13.0 Å². The van der Waals surface area contributed by atoms with Crippen molar-refractivity contribution in [2.24, 2.45) is 0 Å². The maximum Gasteiger partial charge on any atom is 0.352 e. The van der Waals surface area contributed by atoms with Crippen molar-refractivity contribution in [3.8, 4) is 0 Å². The van der Waals surface area contributed by atoms with E-state index in [0.29, 0.717) is 6.61 Å². The summed E-state index contributed by atoms with van der Waals surface area (Å²) in [4.78, 5) is 0. The lowest BCUT2D eigenvalue weighted by molar-refractivity contribution is 0.199. The maximum atomic E-state index is 6.34. The van der Waals surface area contributed by atoms with Gasteiger partial charge in [-0.05, 0) is 25.9 Å². The molecule has 2 unspecified atom stereocenters. The highest BCUT2D eigenvalue weighted by molar-refractivity contribution is 6.84. The average Bonchev–Trinajstić information content (AvgIpc) is 2.75. The van der Waals surface area contributed by atoms with E-state index >= 15 is 0 Å². The zero-order valence-electron chi connectivity index (χ0n) is 20.8. The highest BCUT2D eigenvalue weighted by atomic mass is 28.5. The van der Waals surface area contributed by atoms with Crippen LogP contribution in [0.3, 0.4) is 0 Å². The number of rotatable bonds is 23. The second-order valence-electron chi connectivity index (χ2n) is 8.84. The molecule has 178 valence electrons. The lowest BCUT2D eigenvalue weighted by atomic mass is 10.0. The Balaban J connectivity index is 3.71. The van der Waals surface area contributed by atoms with Crippen LogP contribution in [0, 0.1) is 0 Å². The molecular weight excluding hydrogens is 404 g/mol. The highest BCUT2D eigenvalue weighted by Crippen LogP contribution is 2.20. The Morgan fingerprint density at radius 1 is 0.533 bits per heavy atom. The monoisotopic (exact) mass is 456 g/mol. The Bertz CT molecular complexity index is 419. The van der Waals surface area contributed by atoms with E-state index in [1.54, 1.807) is 0 Å². The van der Waals surface area contributed by atoms with Crippen LogP contribution in [0.1, 0.15) is 110 Å². The van der Waals surface area contributed by atoms with Crippen LogP contribution in [0.4, 0.5) is 0 Å². The molecular formula is C25H52O3Si2. The van der Waals surface area contributed by atoms with Crippen molar-refractivity contribution in [2.75, 3.05) is 13.2 Å². The van der Waals surface area contributed by atoms with Gasteiger partial charge in [0.05, 0.1) is 0 Å². The summed E-state index contributed by atoms with van der Waals surface area (Å²) in [6.45, 7) is 17.8. The van der Waals surface area contributed by atoms with Gasteiger partial charge in [0.25, 0.3) is 0 Å². The predicted octanol–water partition coefficient (Wildman–Crippen LogP) is 8.52. The quantitative estimate of drug-likeness (QED) is 0.114. The smallest absolute Gasteiger partial charge is 0.352 e. The van der Waals surface area contributed by atoms with Gasteiger partial charge in [0, 0.05) is 13.2 Å². The van der Waals surface area contributed by atoms with Crippen LogP contribution in [0.5, 0.6) is 0 Å². The van der Waals surface area contributed by atoms with Crippen LogP contribution in [0.25, 0.3) is 0 Å². The normalized spacial score (nSPS) is 15.5. The zero-order chi connectivity index (χ0) is 22.6. The number of hydrogen-bond donors (Lipinski definition) is 0. The van der Waals surface area contributed by atoms with Crippen molar-refractivity contribution in [3.63, 3.8) is 0 Å². The van der Waals surface area contributed by atoms with E-state index < -0.39 is 17.1 Å². The molecule has 0 amide bonds. The number of unbranched alkanes of at least 4 members (excludes halogenated alkanes) is 13. The first kappa shape index (κ1) is 29.8. The summed E-state index contributed by atoms with van der Waals surface area (Å²) < 4.78 is 18.5. The van der Waals surface area contributed by atoms with E-state index in [1.165, 1.54) is 83.5 Å². The molecule has 0 saturated carbocycles. The summed E-state index contributed by atoms with van der Waals surface area (Å²) in [5.74, 6) is 0. The largest absolute Gasteiger partial charge is 0.409 e. The van der Waals surface area contributed by atoms with Crippen LogP contribution in [-0.2, 0) is 13.0 Å². The molecule has 0 saturated heterocycles. The molecule has 0 bridgehead atoms. The first-order valence-electron chi connectivity index (χ1n) is 12.7. The van der Waals surface area contributed by atoms with Gasteiger partial charge >= 0.3 is 17.1 Å². The van der Waals surface area contributed by atoms with Gasteiger partial charge in [-0.3, -0.25) is 0 Å². The average molecular weight is 457 g/mol. The summed E-state index contributed by atoms with van der Waals surface area (Å²) in [6.07, 6.45) is 20.1. The third kappa shape index (κ3) is 16.5. The van der Waals surface area contributed by atoms with Crippen molar-refractivity contribution >= 4 is 17.1 Å². The Hall–Kier alpha value is -0.206. The van der Waals surface area contributed by atoms with Gasteiger partial charge in [-0.2, -0.15) is 0 Å². The second kappa shape index (κ2) is 19.5. The molecule has 0 aliphatic heterocycles. The number of hydrogen-bond acceptors (Lipinski definition) is 3. The molecule has 0 fully saturated rings. The summed E-state index contributed by atoms with van der Waals surface area (Å²) in [5.41, 5.74) is 3.73. The van der Waals surface area contributed by atoms with Gasteiger partial charge in [0.1, 0.15) is 0 Å². The van der Waals surface area contributed by atoms with E-state index in [9.17, 15) is 0 Å². The van der Waals surface area contributed by atoms with Gasteiger partial charge in [-0.1, -0.05) is 109 Å². The SMILES string of the molecule is C=C[Si](C)(OCCC)O[Si](C)(C=C)OCCCCCCCCCCCCCCCC. The zero-order valence-corrected chi connectivity index (χ0v) is 22.8. The summed E-state index contributed by atoms with van der Waals surface area (Å²) in [7, 11) is -4.79. The van der Waals surface area contributed by atoms with Crippen LogP contribution in [0.15, 0.2) is 24.6 Å². The van der Waals surface area contributed by atoms with E-state index in [1.807, 2.05) is 17.9 Å². The standard InChI is InChI=1S/C25H52O3Si2/c1-7-11-12-13-14-15-16-17-18-19-20-21-22-23-25-27-30(6,10-4)28-29(5,9-3)26-24-8-2/h9-10H,3-4,7-8,11-25H2,1-2,5-6H3. The Kier molecular flexibility index (Phi) is 19.3. The lowest BCUT2D eigenvalue weighted by Crippen LogP contribution is -2.50. The molecule has 0 aromatic carbocycles. The van der Waals surface area contributed by atoms with Gasteiger partial charge in [-0.25, -0.2) is 0 Å². The molecule has 5 heteroatoms. The van der Waals surface area contributed by atoms with E-state index in [2.05, 4.69) is 33.6 Å². The third-order valence-corrected chi connectivity index (χ3v) is 11.9. The van der Waals surface area contributed by atoms with E-state index in [-0.39, 0.29) is 0 Å². The van der Waals surface area contributed by atoms with Crippen LogP contribution < -0.4 is 0 Å². The van der Waals surface area contributed by atoms with Crippen molar-refractivity contribution in [3.05, 3.63) is 24.6 Å². The molecule has 0 N–H and O–H groups in total. The fraction of sp³-hybridized carbons (Fsp3) is 0.840. The molecule has 0 radical (unpaired) electrons. The molecule has 3 nitrogen and oxygen atoms in total. The van der Waals surface area contributed by atoms with Crippen LogP contribution in [-0.4, -0.2) is 30.3 Å². The summed E-state index contributed by atoms with van der Waals surface area (Å²) in [5, 5.41) is 0. The van der Waals surface area contributed by atoms with Gasteiger partial charge in [0.15, 0.2) is 0 Å². The van der Waals surface area contributed by atoms with E-state index in [4.69, 9.17) is 13.0 Å². The molecule has 0 aliphatic carbocycles. The van der Waals surface area contributed by atoms with Crippen LogP contribution in [0.2, 0.25) is 13.1 Å². The Labute approximate surface area is 191 Å². The Morgan fingerprint density at radius 3 is 1.27 bits per heavy atom. The summed E-state index contributed by atoms with van der Waals surface area (Å²) in [6, 6.07) is 0. The third-order valence-electron chi connectivity index (χ3n) is 5.63. The molecule has 0 heterocycles. The molecule has 0 spiro atoms. The maximum absolute atomic E-state index is 6.34. The minimum absolute atomic E-state index is 0.704. The summed E-state index contributed by atoms with van der Waals surface area (Å²) >= 11 is 0. The first-order chi connectivity index (χ1) is 14.4. The van der Waals surface area contributed by atoms with Gasteiger partial charge < -0.3 is 13.0 Å². The first-order valence-corrected chi connectivity index (χ1v) is 17.5. The minimum Gasteiger partial charge on any atom is -0.409 e. The van der Waals surface area contributed by atoms with E-state index in [0.717, 1.165) is 19.4 Å². The molecule has 0 aliphatic rings. The van der Waals surface area contributed by atoms with Gasteiger partial charge in [0.2, 0.25) is 0 Å². The fourth-order valence-electron chi connectivity index (χ4n) is 3.54. The van der Waals surface area contributed by atoms with Crippen molar-refractivity contribution in [1.82, 2.24) is 0 Å². The van der Waals surface area contributed by atoms with Gasteiger partial charge in [-0.15, -0.1) is 13.2 Å². The topological polar surface area (TPSA) is 27.7 Å². The molecule has 0 aromatic heterocycles. The lowest BCUT2D eigenvalue weighted by Gasteiger charge is -2.33. The van der Waals surface area contributed by atoms with Crippen LogP contribution >= 0.6 is 0 Å². The fourth-order valence-corrected chi connectivity index (χ4v) is 9.29. The minimum atomic E-state index is -2.41. The molecule has 0 aromatic rings.